The Morgan fingerprint density at radius 3 is 2.39 bits per heavy atom. The lowest BCUT2D eigenvalue weighted by Gasteiger charge is -2.33. The Hall–Kier alpha value is -3.27. The number of unbranched alkanes of at least 4 members (excludes halogenated alkanes) is 1. The lowest BCUT2D eigenvalue weighted by Crippen LogP contribution is -2.52. The van der Waals surface area contributed by atoms with Crippen molar-refractivity contribution in [3.05, 3.63) is 53.6 Å². The van der Waals surface area contributed by atoms with E-state index in [1.165, 1.54) is 11.8 Å². The number of amides is 2. The lowest BCUT2D eigenvalue weighted by molar-refractivity contribution is -0.140. The summed E-state index contributed by atoms with van der Waals surface area (Å²) in [7, 11) is -3.83. The van der Waals surface area contributed by atoms with Crippen LogP contribution in [0.4, 0.5) is 5.69 Å². The van der Waals surface area contributed by atoms with Crippen molar-refractivity contribution in [2.45, 2.75) is 59.5 Å². The molecule has 0 radical (unpaired) electrons. The van der Waals surface area contributed by atoms with Gasteiger partial charge in [-0.2, -0.15) is 0 Å². The highest BCUT2D eigenvalue weighted by Crippen LogP contribution is 2.35. The average Bonchev–Trinajstić information content (AvgIpc) is 2.92. The number of benzene rings is 2. The fourth-order valence-corrected chi connectivity index (χ4v) is 5.36. The molecule has 0 saturated carbocycles. The van der Waals surface area contributed by atoms with E-state index >= 15 is 0 Å². The summed E-state index contributed by atoms with van der Waals surface area (Å²) in [4.78, 5) is 28.6. The maximum absolute atomic E-state index is 13.9. The second kappa shape index (κ2) is 13.5. The molecule has 9 nitrogen and oxygen atoms in total. The number of sulfonamides is 1. The van der Waals surface area contributed by atoms with E-state index in [1.54, 1.807) is 18.2 Å². The van der Waals surface area contributed by atoms with E-state index in [1.807, 2.05) is 45.0 Å². The van der Waals surface area contributed by atoms with E-state index in [4.69, 9.17) is 9.47 Å². The van der Waals surface area contributed by atoms with E-state index in [0.29, 0.717) is 43.4 Å². The van der Waals surface area contributed by atoms with E-state index in [2.05, 4.69) is 5.32 Å². The molecule has 1 aliphatic rings. The minimum absolute atomic E-state index is 0.187. The molecule has 208 valence electrons. The van der Waals surface area contributed by atoms with Crippen LogP contribution in [0.5, 0.6) is 11.5 Å². The predicted molar refractivity (Wildman–Crippen MR) is 148 cm³/mol. The van der Waals surface area contributed by atoms with Crippen LogP contribution in [0.25, 0.3) is 0 Å². The first-order valence-electron chi connectivity index (χ1n) is 13.2. The Kier molecular flexibility index (Phi) is 10.4. The Morgan fingerprint density at radius 1 is 1.03 bits per heavy atom. The molecule has 2 aromatic rings. The minimum Gasteiger partial charge on any atom is -0.486 e. The van der Waals surface area contributed by atoms with Crippen molar-refractivity contribution in [3.63, 3.8) is 0 Å². The third-order valence-electron chi connectivity index (χ3n) is 6.61. The van der Waals surface area contributed by atoms with Crippen LogP contribution >= 0.6 is 0 Å². The fraction of sp³-hybridized carbons (Fsp3) is 0.500. The van der Waals surface area contributed by atoms with Gasteiger partial charge < -0.3 is 19.7 Å². The van der Waals surface area contributed by atoms with Gasteiger partial charge >= 0.3 is 0 Å². The summed E-state index contributed by atoms with van der Waals surface area (Å²) in [5.41, 5.74) is 2.18. The predicted octanol–water partition coefficient (Wildman–Crippen LogP) is 3.65. The molecule has 0 bridgehead atoms. The van der Waals surface area contributed by atoms with Gasteiger partial charge in [0.05, 0.1) is 11.4 Å². The van der Waals surface area contributed by atoms with Crippen LogP contribution in [-0.4, -0.2) is 63.2 Å². The average molecular weight is 546 g/mol. The second-order valence-electron chi connectivity index (χ2n) is 9.25. The molecule has 0 saturated heterocycles. The molecule has 0 spiro atoms. The lowest BCUT2D eigenvalue weighted by atomic mass is 10.1. The number of hydrogen-bond acceptors (Lipinski definition) is 6. The number of aryl methyl sites for hydroxylation is 1. The minimum atomic E-state index is -3.83. The van der Waals surface area contributed by atoms with E-state index < -0.39 is 28.5 Å². The number of hydrogen-bond donors (Lipinski definition) is 1. The summed E-state index contributed by atoms with van der Waals surface area (Å²) in [5.74, 6) is 0.0539. The first-order chi connectivity index (χ1) is 18.2. The number of rotatable bonds is 13. The van der Waals surface area contributed by atoms with Crippen molar-refractivity contribution < 1.29 is 27.5 Å². The van der Waals surface area contributed by atoms with Gasteiger partial charge in [0.1, 0.15) is 25.8 Å². The highest BCUT2D eigenvalue weighted by molar-refractivity contribution is 7.92. The summed E-state index contributed by atoms with van der Waals surface area (Å²) < 4.78 is 38.7. The van der Waals surface area contributed by atoms with Crippen LogP contribution in [0.1, 0.15) is 51.2 Å². The smallest absolute Gasteiger partial charge is 0.244 e. The number of carbonyl (C=O) groups is 2. The number of carbonyl (C=O) groups excluding carboxylic acids is 2. The summed E-state index contributed by atoms with van der Waals surface area (Å²) in [6.07, 6.45) is 2.16. The monoisotopic (exact) mass is 545 g/mol. The Bertz CT molecular complexity index is 1220. The zero-order valence-electron chi connectivity index (χ0n) is 22.7. The summed E-state index contributed by atoms with van der Waals surface area (Å²) in [5, 5.41) is 2.94. The number of ether oxygens (including phenoxy) is 2. The van der Waals surface area contributed by atoms with Gasteiger partial charge in [-0.05, 0) is 49.9 Å². The standard InChI is InChI=1S/C28H39N3O6S/c1-5-8-15-29-28(33)24(6-2)30(19-22-12-10-9-11-21(22)4)27(32)20-31(38(34,35)7-3)23-13-14-25-26(18-23)37-17-16-36-25/h9-14,18,24H,5-8,15-17,19-20H2,1-4H3,(H,29,33)/t24-/m1/s1. The Morgan fingerprint density at radius 2 is 1.74 bits per heavy atom. The van der Waals surface area contributed by atoms with E-state index in [0.717, 1.165) is 28.3 Å². The summed E-state index contributed by atoms with van der Waals surface area (Å²) >= 11 is 0. The van der Waals surface area contributed by atoms with Gasteiger partial charge in [0.25, 0.3) is 0 Å². The molecule has 1 heterocycles. The molecule has 3 rings (SSSR count). The largest absolute Gasteiger partial charge is 0.486 e. The van der Waals surface area contributed by atoms with Crippen LogP contribution in [0, 0.1) is 6.92 Å². The maximum atomic E-state index is 13.9. The van der Waals surface area contributed by atoms with Crippen LogP contribution < -0.4 is 19.1 Å². The number of fused-ring (bicyclic) bond motifs is 1. The summed E-state index contributed by atoms with van der Waals surface area (Å²) in [6.45, 7) is 8.40. The van der Waals surface area contributed by atoms with E-state index in [9.17, 15) is 18.0 Å². The molecule has 1 N–H and O–H groups in total. The fourth-order valence-electron chi connectivity index (χ4n) is 4.30. The van der Waals surface area contributed by atoms with Crippen LogP contribution in [0.15, 0.2) is 42.5 Å². The quantitative estimate of drug-likeness (QED) is 0.385. The molecule has 0 aliphatic carbocycles. The molecule has 0 unspecified atom stereocenters. The van der Waals surface area contributed by atoms with Crippen molar-refractivity contribution in [3.8, 4) is 11.5 Å². The third-order valence-corrected chi connectivity index (χ3v) is 8.35. The third kappa shape index (κ3) is 7.18. The molecular formula is C28H39N3O6S. The normalized spacial score (nSPS) is 13.5. The van der Waals surface area contributed by atoms with Gasteiger partial charge in [0.15, 0.2) is 11.5 Å². The molecule has 10 heteroatoms. The van der Waals surface area contributed by atoms with Crippen molar-refractivity contribution >= 4 is 27.5 Å². The molecule has 38 heavy (non-hydrogen) atoms. The van der Waals surface area contributed by atoms with Crippen molar-refractivity contribution in [1.29, 1.82) is 0 Å². The molecule has 1 atom stereocenters. The van der Waals surface area contributed by atoms with Crippen LogP contribution in [0.3, 0.4) is 0 Å². The highest BCUT2D eigenvalue weighted by atomic mass is 32.2. The highest BCUT2D eigenvalue weighted by Gasteiger charge is 2.33. The van der Waals surface area contributed by atoms with Crippen LogP contribution in [-0.2, 0) is 26.2 Å². The molecule has 2 aromatic carbocycles. The van der Waals surface area contributed by atoms with Gasteiger partial charge in [-0.1, -0.05) is 44.5 Å². The van der Waals surface area contributed by atoms with Gasteiger partial charge in [0.2, 0.25) is 21.8 Å². The van der Waals surface area contributed by atoms with Gasteiger partial charge in [0, 0.05) is 19.2 Å². The molecule has 0 fully saturated rings. The molecule has 1 aliphatic heterocycles. The van der Waals surface area contributed by atoms with Gasteiger partial charge in [-0.3, -0.25) is 13.9 Å². The zero-order valence-corrected chi connectivity index (χ0v) is 23.6. The Balaban J connectivity index is 1.96. The number of nitrogens with one attached hydrogen (secondary N) is 1. The second-order valence-corrected chi connectivity index (χ2v) is 11.4. The molecule has 2 amide bonds. The SMILES string of the molecule is CCCCNC(=O)[C@@H](CC)N(Cc1ccccc1C)C(=O)CN(c1ccc2c(c1)OCCO2)S(=O)(=O)CC. The number of nitrogens with zero attached hydrogens (tertiary/aromatic N) is 2. The van der Waals surface area contributed by atoms with Gasteiger partial charge in [-0.15, -0.1) is 0 Å². The van der Waals surface area contributed by atoms with Crippen LogP contribution in [0.2, 0.25) is 0 Å². The van der Waals surface area contributed by atoms with E-state index in [-0.39, 0.29) is 18.2 Å². The van der Waals surface area contributed by atoms with Crippen molar-refractivity contribution in [1.82, 2.24) is 10.2 Å². The molecule has 0 aromatic heterocycles. The van der Waals surface area contributed by atoms with Crippen molar-refractivity contribution in [2.75, 3.05) is 36.4 Å². The summed E-state index contributed by atoms with van der Waals surface area (Å²) in [6, 6.07) is 11.7. The maximum Gasteiger partial charge on any atom is 0.244 e. The zero-order chi connectivity index (χ0) is 27.7. The first kappa shape index (κ1) is 29.3. The van der Waals surface area contributed by atoms with Gasteiger partial charge in [-0.25, -0.2) is 8.42 Å². The first-order valence-corrected chi connectivity index (χ1v) is 14.8. The number of anilines is 1. The Labute approximate surface area is 226 Å². The van der Waals surface area contributed by atoms with Crippen molar-refractivity contribution in [2.24, 2.45) is 0 Å². The topological polar surface area (TPSA) is 105 Å². The molecular weight excluding hydrogens is 506 g/mol.